The smallest absolute Gasteiger partial charge is 0.274 e. The number of aryl methyl sites for hydroxylation is 1. The van der Waals surface area contributed by atoms with Crippen LogP contribution in [0.4, 0.5) is 0 Å². The Morgan fingerprint density at radius 1 is 1.03 bits per heavy atom. The van der Waals surface area contributed by atoms with E-state index in [1.54, 1.807) is 0 Å². The van der Waals surface area contributed by atoms with Crippen LogP contribution in [0.3, 0.4) is 0 Å². The van der Waals surface area contributed by atoms with Crippen molar-refractivity contribution in [2.75, 3.05) is 26.2 Å². The average molecular weight is 422 g/mol. The molecule has 2 saturated heterocycles. The van der Waals surface area contributed by atoms with Crippen LogP contribution in [0.2, 0.25) is 0 Å². The van der Waals surface area contributed by atoms with Gasteiger partial charge in [0.05, 0.1) is 0 Å². The third kappa shape index (κ3) is 4.55. The van der Waals surface area contributed by atoms with E-state index in [4.69, 9.17) is 0 Å². The van der Waals surface area contributed by atoms with E-state index in [-0.39, 0.29) is 5.91 Å². The first-order valence-corrected chi connectivity index (χ1v) is 12.0. The maximum Gasteiger partial charge on any atom is 0.274 e. The molecule has 6 nitrogen and oxygen atoms in total. The van der Waals surface area contributed by atoms with Crippen molar-refractivity contribution in [3.63, 3.8) is 0 Å². The quantitative estimate of drug-likeness (QED) is 0.807. The molecular formula is C25H35N5O. The molecule has 0 bridgehead atoms. The van der Waals surface area contributed by atoms with E-state index in [1.165, 1.54) is 29.7 Å². The van der Waals surface area contributed by atoms with Gasteiger partial charge in [0.1, 0.15) is 0 Å². The Kier molecular flexibility index (Phi) is 6.10. The minimum absolute atomic E-state index is 0.143. The number of carbonyl (C=O) groups is 1. The molecule has 166 valence electrons. The second-order valence-electron chi connectivity index (χ2n) is 9.54. The topological polar surface area (TPSA) is 53.4 Å². The van der Waals surface area contributed by atoms with Crippen molar-refractivity contribution in [3.8, 4) is 0 Å². The summed E-state index contributed by atoms with van der Waals surface area (Å²) in [6.07, 6.45) is 7.71. The summed E-state index contributed by atoms with van der Waals surface area (Å²) in [4.78, 5) is 17.6. The molecule has 1 aliphatic carbocycles. The lowest BCUT2D eigenvalue weighted by molar-refractivity contribution is 0.0785. The van der Waals surface area contributed by atoms with Gasteiger partial charge in [-0.2, -0.15) is 5.10 Å². The molecule has 3 heterocycles. The Morgan fingerprint density at radius 3 is 2.52 bits per heavy atom. The Balaban J connectivity index is 1.17. The summed E-state index contributed by atoms with van der Waals surface area (Å²) >= 11 is 0. The molecule has 2 fully saturated rings. The fourth-order valence-corrected chi connectivity index (χ4v) is 5.61. The van der Waals surface area contributed by atoms with Crippen LogP contribution in [-0.4, -0.2) is 63.8 Å². The number of carbonyl (C=O) groups excluding carboxylic acids is 1. The van der Waals surface area contributed by atoms with E-state index in [2.05, 4.69) is 45.6 Å². The molecule has 1 aromatic heterocycles. The SMILES string of the molecule is Cn1nc(C(=O)N2CCCC2)c2c1CC[C@@H](NC1CCN(Cc3ccccc3)CC1)C2. The standard InChI is InChI=1S/C25H35N5O/c1-28-23-10-9-21(17-22(23)24(27-28)25(31)30-13-5-6-14-30)26-20-11-15-29(16-12-20)18-19-7-3-2-4-8-19/h2-4,7-8,20-21,26H,5-6,9-18H2,1H3/t21-/m1/s1. The third-order valence-electron chi connectivity index (χ3n) is 7.36. The first-order valence-electron chi connectivity index (χ1n) is 12.0. The molecule has 0 saturated carbocycles. The molecule has 1 amide bonds. The highest BCUT2D eigenvalue weighted by Gasteiger charge is 2.32. The molecule has 31 heavy (non-hydrogen) atoms. The number of hydrogen-bond acceptors (Lipinski definition) is 4. The van der Waals surface area contributed by atoms with E-state index < -0.39 is 0 Å². The van der Waals surface area contributed by atoms with Crippen LogP contribution >= 0.6 is 0 Å². The molecule has 0 spiro atoms. The Bertz CT molecular complexity index is 894. The zero-order valence-corrected chi connectivity index (χ0v) is 18.7. The molecule has 1 N–H and O–H groups in total. The molecule has 1 atom stereocenters. The highest BCUT2D eigenvalue weighted by atomic mass is 16.2. The van der Waals surface area contributed by atoms with Gasteiger partial charge in [-0.25, -0.2) is 0 Å². The number of hydrogen-bond donors (Lipinski definition) is 1. The van der Waals surface area contributed by atoms with Crippen molar-refractivity contribution in [1.82, 2.24) is 24.9 Å². The van der Waals surface area contributed by atoms with Gasteiger partial charge in [0.15, 0.2) is 5.69 Å². The number of piperidine rings is 1. The van der Waals surface area contributed by atoms with Gasteiger partial charge >= 0.3 is 0 Å². The number of nitrogens with one attached hydrogen (secondary N) is 1. The zero-order chi connectivity index (χ0) is 21.2. The number of fused-ring (bicyclic) bond motifs is 1. The van der Waals surface area contributed by atoms with Crippen LogP contribution in [0, 0.1) is 0 Å². The van der Waals surface area contributed by atoms with Crippen LogP contribution in [-0.2, 0) is 26.4 Å². The van der Waals surface area contributed by atoms with Crippen molar-refractivity contribution >= 4 is 5.91 Å². The number of benzene rings is 1. The van der Waals surface area contributed by atoms with E-state index in [1.807, 2.05) is 16.6 Å². The lowest BCUT2D eigenvalue weighted by Crippen LogP contribution is -2.47. The lowest BCUT2D eigenvalue weighted by Gasteiger charge is -2.35. The van der Waals surface area contributed by atoms with Gasteiger partial charge in [-0.05, 0) is 63.6 Å². The minimum Gasteiger partial charge on any atom is -0.337 e. The highest BCUT2D eigenvalue weighted by molar-refractivity contribution is 5.94. The van der Waals surface area contributed by atoms with Gasteiger partial charge in [-0.15, -0.1) is 0 Å². The van der Waals surface area contributed by atoms with Crippen LogP contribution in [0.15, 0.2) is 30.3 Å². The van der Waals surface area contributed by atoms with Crippen LogP contribution in [0.5, 0.6) is 0 Å². The normalized spacial score (nSPS) is 22.6. The molecule has 2 aromatic rings. The van der Waals surface area contributed by atoms with Crippen LogP contribution in [0.25, 0.3) is 0 Å². The maximum absolute atomic E-state index is 13.0. The summed E-state index contributed by atoms with van der Waals surface area (Å²) in [5.74, 6) is 0.143. The number of rotatable bonds is 5. The van der Waals surface area contributed by atoms with E-state index in [0.29, 0.717) is 17.8 Å². The van der Waals surface area contributed by atoms with Gasteiger partial charge in [-0.3, -0.25) is 14.4 Å². The monoisotopic (exact) mass is 421 g/mol. The van der Waals surface area contributed by atoms with Crippen molar-refractivity contribution in [1.29, 1.82) is 0 Å². The first kappa shape index (κ1) is 20.7. The number of aromatic nitrogens is 2. The maximum atomic E-state index is 13.0. The van der Waals surface area contributed by atoms with E-state index in [0.717, 1.165) is 64.8 Å². The minimum atomic E-state index is 0.143. The molecular weight excluding hydrogens is 386 g/mol. The number of amides is 1. The van der Waals surface area contributed by atoms with Crippen LogP contribution < -0.4 is 5.32 Å². The summed E-state index contributed by atoms with van der Waals surface area (Å²) in [5, 5.41) is 8.60. The van der Waals surface area contributed by atoms with Crippen LogP contribution in [0.1, 0.15) is 59.4 Å². The first-order chi connectivity index (χ1) is 15.2. The summed E-state index contributed by atoms with van der Waals surface area (Å²) in [6, 6.07) is 11.8. The summed E-state index contributed by atoms with van der Waals surface area (Å²) in [5.41, 5.74) is 4.58. The molecule has 1 aromatic carbocycles. The summed E-state index contributed by atoms with van der Waals surface area (Å²) in [7, 11) is 2.00. The van der Waals surface area contributed by atoms with Crippen molar-refractivity contribution < 1.29 is 4.79 Å². The molecule has 5 rings (SSSR count). The summed E-state index contributed by atoms with van der Waals surface area (Å²) < 4.78 is 1.96. The fourth-order valence-electron chi connectivity index (χ4n) is 5.61. The highest BCUT2D eigenvalue weighted by Crippen LogP contribution is 2.27. The van der Waals surface area contributed by atoms with Crippen molar-refractivity contribution in [2.45, 2.75) is 63.6 Å². The van der Waals surface area contributed by atoms with E-state index in [9.17, 15) is 4.79 Å². The van der Waals surface area contributed by atoms with Gasteiger partial charge in [-0.1, -0.05) is 30.3 Å². The molecule has 2 aliphatic heterocycles. The Labute approximate surface area is 185 Å². The molecule has 0 unspecified atom stereocenters. The summed E-state index contributed by atoms with van der Waals surface area (Å²) in [6.45, 7) is 5.12. The van der Waals surface area contributed by atoms with E-state index >= 15 is 0 Å². The number of nitrogens with zero attached hydrogens (tertiary/aromatic N) is 4. The Hall–Kier alpha value is -2.18. The van der Waals surface area contributed by atoms with Crippen molar-refractivity contribution in [3.05, 3.63) is 52.8 Å². The second kappa shape index (κ2) is 9.13. The predicted octanol–water partition coefficient (Wildman–Crippen LogP) is 2.77. The zero-order valence-electron chi connectivity index (χ0n) is 18.7. The van der Waals surface area contributed by atoms with Crippen molar-refractivity contribution in [2.24, 2.45) is 7.05 Å². The van der Waals surface area contributed by atoms with Gasteiger partial charge < -0.3 is 10.2 Å². The number of likely N-dealkylation sites (tertiary alicyclic amines) is 2. The fraction of sp³-hybridized carbons (Fsp3) is 0.600. The van der Waals surface area contributed by atoms with Gasteiger partial charge in [0, 0.05) is 50.0 Å². The molecule has 0 radical (unpaired) electrons. The molecule has 3 aliphatic rings. The molecule has 6 heteroatoms. The Morgan fingerprint density at radius 2 is 1.77 bits per heavy atom. The second-order valence-corrected chi connectivity index (χ2v) is 9.54. The third-order valence-corrected chi connectivity index (χ3v) is 7.36. The largest absolute Gasteiger partial charge is 0.337 e. The average Bonchev–Trinajstić information content (AvgIpc) is 3.44. The lowest BCUT2D eigenvalue weighted by atomic mass is 9.89. The van der Waals surface area contributed by atoms with Gasteiger partial charge in [0.25, 0.3) is 5.91 Å². The van der Waals surface area contributed by atoms with Gasteiger partial charge in [0.2, 0.25) is 0 Å². The predicted molar refractivity (Wildman–Crippen MR) is 122 cm³/mol.